The van der Waals surface area contributed by atoms with Gasteiger partial charge in [-0.05, 0) is 23.6 Å². The van der Waals surface area contributed by atoms with E-state index in [1.165, 1.54) is 15.6 Å². The number of morpholine rings is 1. The van der Waals surface area contributed by atoms with E-state index >= 15 is 0 Å². The number of sulfonamides is 1. The van der Waals surface area contributed by atoms with E-state index in [2.05, 4.69) is 10.3 Å². The summed E-state index contributed by atoms with van der Waals surface area (Å²) in [5.41, 5.74) is 6.81. The summed E-state index contributed by atoms with van der Waals surface area (Å²) in [6.45, 7) is 2.67. The van der Waals surface area contributed by atoms with Crippen molar-refractivity contribution in [2.75, 3.05) is 45.9 Å². The normalized spacial score (nSPS) is 22.4. The van der Waals surface area contributed by atoms with Crippen molar-refractivity contribution in [3.63, 3.8) is 0 Å². The second kappa shape index (κ2) is 11.2. The van der Waals surface area contributed by atoms with Crippen LogP contribution in [-0.2, 0) is 32.5 Å². The zero-order chi connectivity index (χ0) is 28.0. The third-order valence-electron chi connectivity index (χ3n) is 7.43. The predicted molar refractivity (Wildman–Crippen MR) is 153 cm³/mol. The van der Waals surface area contributed by atoms with Crippen molar-refractivity contribution in [2.45, 2.75) is 35.8 Å². The van der Waals surface area contributed by atoms with Crippen molar-refractivity contribution >= 4 is 66.2 Å². The van der Waals surface area contributed by atoms with E-state index < -0.39 is 16.1 Å². The van der Waals surface area contributed by atoms with E-state index in [4.69, 9.17) is 22.1 Å². The minimum absolute atomic E-state index is 0.0106. The Morgan fingerprint density at radius 1 is 1.15 bits per heavy atom. The van der Waals surface area contributed by atoms with Gasteiger partial charge in [-0.1, -0.05) is 17.7 Å². The van der Waals surface area contributed by atoms with E-state index in [1.54, 1.807) is 34.1 Å². The second-order valence-corrected chi connectivity index (χ2v) is 14.8. The summed E-state index contributed by atoms with van der Waals surface area (Å²) in [4.78, 5) is 35.9. The molecule has 2 amide bonds. The quantitative estimate of drug-likeness (QED) is 0.438. The van der Waals surface area contributed by atoms with Crippen molar-refractivity contribution < 1.29 is 22.7 Å². The maximum absolute atomic E-state index is 13.7. The van der Waals surface area contributed by atoms with Gasteiger partial charge in [-0.3, -0.25) is 14.9 Å². The highest BCUT2D eigenvalue weighted by Crippen LogP contribution is 2.34. The van der Waals surface area contributed by atoms with Gasteiger partial charge in [0.15, 0.2) is 5.01 Å². The first kappa shape index (κ1) is 28.0. The van der Waals surface area contributed by atoms with Crippen LogP contribution in [0.5, 0.6) is 0 Å². The molecular formula is C25H29ClN6O5S3. The molecule has 2 unspecified atom stereocenters. The molecule has 214 valence electrons. The van der Waals surface area contributed by atoms with Crippen molar-refractivity contribution in [1.82, 2.24) is 24.4 Å². The van der Waals surface area contributed by atoms with Crippen LogP contribution in [0.15, 0.2) is 28.5 Å². The predicted octanol–water partition coefficient (Wildman–Crippen LogP) is 1.71. The number of amides is 2. The van der Waals surface area contributed by atoms with E-state index in [0.29, 0.717) is 49.3 Å². The summed E-state index contributed by atoms with van der Waals surface area (Å²) in [7, 11) is -3.86. The molecule has 3 aliphatic heterocycles. The summed E-state index contributed by atoms with van der Waals surface area (Å²) in [5, 5.41) is 4.84. The molecule has 3 N–H and O–H groups in total. The number of fused-ring (bicyclic) bond motifs is 2. The topological polar surface area (TPSA) is 138 Å². The third kappa shape index (κ3) is 5.51. The molecule has 2 aromatic heterocycles. The number of nitrogens with one attached hydrogen (secondary N) is 1. The standard InChI is InChI=1S/C25H29ClN6O5S3/c26-16-2-1-15-9-23(38-19(15)10-16)40(35,36)31-3-4-32(17(14-31)11-22(33)30-5-7-37-8-6-30)25(34)24-29-18-12-21(27)28-13-20(18)39-24/h1-2,9-10,17,21,28H,3-8,11-14,27H2. The zero-order valence-electron chi connectivity index (χ0n) is 21.5. The summed E-state index contributed by atoms with van der Waals surface area (Å²) in [6, 6.07) is 6.28. The number of hydrogen-bond donors (Lipinski definition) is 2. The maximum atomic E-state index is 13.7. The zero-order valence-corrected chi connectivity index (χ0v) is 24.8. The summed E-state index contributed by atoms with van der Waals surface area (Å²) in [6.07, 6.45) is 0.331. The Balaban J connectivity index is 1.27. The van der Waals surface area contributed by atoms with Gasteiger partial charge in [0.2, 0.25) is 5.91 Å². The molecule has 2 atom stereocenters. The number of carbonyl (C=O) groups excluding carboxylic acids is 2. The number of nitrogens with zero attached hydrogens (tertiary/aromatic N) is 4. The Labute approximate surface area is 244 Å². The monoisotopic (exact) mass is 624 g/mol. The molecule has 3 aromatic rings. The Hall–Kier alpha value is -2.17. The van der Waals surface area contributed by atoms with Gasteiger partial charge in [-0.15, -0.1) is 22.7 Å². The van der Waals surface area contributed by atoms with E-state index in [9.17, 15) is 18.0 Å². The molecular weight excluding hydrogens is 596 g/mol. The number of thiophene rings is 1. The average molecular weight is 625 g/mol. The lowest BCUT2D eigenvalue weighted by atomic mass is 10.1. The van der Waals surface area contributed by atoms with Gasteiger partial charge >= 0.3 is 0 Å². The molecule has 0 spiro atoms. The Bertz CT molecular complexity index is 1550. The van der Waals surface area contributed by atoms with Crippen LogP contribution in [0.25, 0.3) is 10.1 Å². The fourth-order valence-corrected chi connectivity index (χ4v) is 9.56. The Morgan fingerprint density at radius 3 is 2.75 bits per heavy atom. The number of ether oxygens (including phenoxy) is 1. The average Bonchev–Trinajstić information content (AvgIpc) is 3.57. The van der Waals surface area contributed by atoms with E-state index in [0.717, 1.165) is 32.0 Å². The number of aromatic nitrogens is 1. The first-order valence-electron chi connectivity index (χ1n) is 13.0. The lowest BCUT2D eigenvalue weighted by Gasteiger charge is -2.41. The minimum atomic E-state index is -3.86. The highest BCUT2D eigenvalue weighted by molar-refractivity contribution is 7.91. The number of hydrogen-bond acceptors (Lipinski definition) is 10. The van der Waals surface area contributed by atoms with Crippen molar-refractivity contribution in [1.29, 1.82) is 0 Å². The van der Waals surface area contributed by atoms with Crippen molar-refractivity contribution in [2.24, 2.45) is 5.73 Å². The van der Waals surface area contributed by atoms with Gasteiger partial charge in [-0.2, -0.15) is 4.31 Å². The number of carbonyl (C=O) groups is 2. The highest BCUT2D eigenvalue weighted by Gasteiger charge is 2.40. The van der Waals surface area contributed by atoms with Crippen LogP contribution in [0.4, 0.5) is 0 Å². The largest absolute Gasteiger partial charge is 0.378 e. The molecule has 11 nitrogen and oxygen atoms in total. The van der Waals surface area contributed by atoms with Crippen LogP contribution in [0.2, 0.25) is 5.02 Å². The molecule has 0 bridgehead atoms. The first-order valence-corrected chi connectivity index (χ1v) is 16.5. The molecule has 2 saturated heterocycles. The van der Waals surface area contributed by atoms with Gasteiger partial charge in [0, 0.05) is 66.7 Å². The molecule has 0 radical (unpaired) electrons. The molecule has 2 fully saturated rings. The lowest BCUT2D eigenvalue weighted by molar-refractivity contribution is -0.136. The summed E-state index contributed by atoms with van der Waals surface area (Å²) >= 11 is 8.59. The number of rotatable bonds is 5. The molecule has 0 aliphatic carbocycles. The number of piperazine rings is 1. The van der Waals surface area contributed by atoms with Crippen molar-refractivity contribution in [3.05, 3.63) is 44.9 Å². The van der Waals surface area contributed by atoms with Crippen LogP contribution >= 0.6 is 34.3 Å². The molecule has 15 heteroatoms. The molecule has 1 aromatic carbocycles. The van der Waals surface area contributed by atoms with Crippen LogP contribution in [0.3, 0.4) is 0 Å². The maximum Gasteiger partial charge on any atom is 0.283 e. The van der Waals surface area contributed by atoms with E-state index in [-0.39, 0.29) is 48.2 Å². The smallest absolute Gasteiger partial charge is 0.283 e. The lowest BCUT2D eigenvalue weighted by Crippen LogP contribution is -2.58. The van der Waals surface area contributed by atoms with Crippen LogP contribution in [-0.4, -0.2) is 97.5 Å². The second-order valence-electron chi connectivity index (χ2n) is 10.0. The Kier molecular flexibility index (Phi) is 7.87. The highest BCUT2D eigenvalue weighted by atomic mass is 35.5. The molecule has 0 saturated carbocycles. The fraction of sp³-hybridized carbons (Fsp3) is 0.480. The Morgan fingerprint density at radius 2 is 1.95 bits per heavy atom. The molecule has 3 aliphatic rings. The number of benzene rings is 1. The number of halogens is 1. The van der Waals surface area contributed by atoms with Gasteiger partial charge < -0.3 is 20.3 Å². The van der Waals surface area contributed by atoms with Gasteiger partial charge in [-0.25, -0.2) is 13.4 Å². The molecule has 6 rings (SSSR count). The van der Waals surface area contributed by atoms with Gasteiger partial charge in [0.1, 0.15) is 4.21 Å². The SMILES string of the molecule is NC1Cc2nc(C(=O)N3CCN(S(=O)(=O)c4cc5ccc(Cl)cc5s4)CC3CC(=O)N3CCOCC3)sc2CN1. The van der Waals surface area contributed by atoms with Crippen LogP contribution in [0.1, 0.15) is 26.8 Å². The number of nitrogens with two attached hydrogens (primary N) is 1. The molecule has 5 heterocycles. The fourth-order valence-electron chi connectivity index (χ4n) is 5.27. The van der Waals surface area contributed by atoms with E-state index in [1.807, 2.05) is 0 Å². The van der Waals surface area contributed by atoms with Gasteiger partial charge in [0.05, 0.1) is 31.1 Å². The third-order valence-corrected chi connectivity index (χ3v) is 12.2. The van der Waals surface area contributed by atoms with Gasteiger partial charge in [0.25, 0.3) is 15.9 Å². The minimum Gasteiger partial charge on any atom is -0.378 e. The van der Waals surface area contributed by atoms with Crippen LogP contribution in [0, 0.1) is 0 Å². The first-order chi connectivity index (χ1) is 19.2. The number of thiazole rings is 1. The summed E-state index contributed by atoms with van der Waals surface area (Å²) in [5.74, 6) is -0.420. The van der Waals surface area contributed by atoms with Crippen LogP contribution < -0.4 is 11.1 Å². The van der Waals surface area contributed by atoms with Crippen molar-refractivity contribution in [3.8, 4) is 0 Å². The molecule has 40 heavy (non-hydrogen) atoms. The summed E-state index contributed by atoms with van der Waals surface area (Å²) < 4.78 is 35.2.